The number of carbonyl (C=O) groups is 4. The zero-order chi connectivity index (χ0) is 28.4. The van der Waals surface area contributed by atoms with E-state index < -0.39 is 84.4 Å². The van der Waals surface area contributed by atoms with Gasteiger partial charge in [0.05, 0.1) is 13.2 Å². The molecule has 0 bridgehead atoms. The summed E-state index contributed by atoms with van der Waals surface area (Å²) >= 11 is 0. The molecule has 0 radical (unpaired) electrons. The zero-order valence-corrected chi connectivity index (χ0v) is 21.2. The zero-order valence-electron chi connectivity index (χ0n) is 21.2. The summed E-state index contributed by atoms with van der Waals surface area (Å²) in [5, 5.41) is 2.13. The molecular formula is C23H29F4N3O7. The lowest BCUT2D eigenvalue weighted by Gasteiger charge is -2.43. The van der Waals surface area contributed by atoms with Gasteiger partial charge in [0, 0.05) is 25.1 Å². The fraction of sp³-hybridized carbons (Fsp3) is 0.609. The van der Waals surface area contributed by atoms with Crippen molar-refractivity contribution in [2.24, 2.45) is 10.9 Å². The van der Waals surface area contributed by atoms with E-state index in [0.717, 1.165) is 17.1 Å². The van der Waals surface area contributed by atoms with E-state index in [1.807, 2.05) is 0 Å². The number of hydrogen-bond acceptors (Lipinski definition) is 8. The molecule has 1 saturated heterocycles. The highest BCUT2D eigenvalue weighted by molar-refractivity contribution is 6.16. The van der Waals surface area contributed by atoms with Gasteiger partial charge < -0.3 is 24.4 Å². The summed E-state index contributed by atoms with van der Waals surface area (Å²) in [7, 11) is 1.19. The van der Waals surface area contributed by atoms with Gasteiger partial charge in [0.15, 0.2) is 5.54 Å². The van der Waals surface area contributed by atoms with Crippen LogP contribution in [0.2, 0.25) is 0 Å². The molecule has 0 aromatic rings. The van der Waals surface area contributed by atoms with Gasteiger partial charge in [-0.25, -0.2) is 18.8 Å². The minimum Gasteiger partial charge on any atom is -0.464 e. The molecule has 2 atom stereocenters. The second-order valence-corrected chi connectivity index (χ2v) is 9.21. The quantitative estimate of drug-likeness (QED) is 0.175. The van der Waals surface area contributed by atoms with Crippen molar-refractivity contribution in [3.05, 3.63) is 23.7 Å². The second-order valence-electron chi connectivity index (χ2n) is 9.21. The maximum atomic E-state index is 14.6. The summed E-state index contributed by atoms with van der Waals surface area (Å²) in [6, 6.07) is 0. The van der Waals surface area contributed by atoms with Crippen molar-refractivity contribution < 1.29 is 51.0 Å². The Kier molecular flexibility index (Phi) is 8.45. The first-order chi connectivity index (χ1) is 17.0. The van der Waals surface area contributed by atoms with Crippen LogP contribution in [0.1, 0.15) is 41.0 Å². The van der Waals surface area contributed by atoms with Crippen LogP contribution in [0.5, 0.6) is 0 Å². The highest BCUT2D eigenvalue weighted by Gasteiger charge is 2.76. The Hall–Kier alpha value is -3.45. The van der Waals surface area contributed by atoms with Crippen LogP contribution in [0.25, 0.3) is 0 Å². The van der Waals surface area contributed by atoms with Crippen molar-refractivity contribution >= 4 is 30.2 Å². The van der Waals surface area contributed by atoms with Gasteiger partial charge in [-0.15, -0.1) is 0 Å². The summed E-state index contributed by atoms with van der Waals surface area (Å²) in [5.74, 6) is -7.10. The van der Waals surface area contributed by atoms with Crippen molar-refractivity contribution in [1.82, 2.24) is 10.2 Å². The Bertz CT molecular complexity index is 1030. The van der Waals surface area contributed by atoms with E-state index in [9.17, 15) is 36.7 Å². The lowest BCUT2D eigenvalue weighted by atomic mass is 9.67. The number of ether oxygens (including phenoxy) is 3. The number of alkyl halides is 3. The molecule has 1 unspecified atom stereocenters. The highest BCUT2D eigenvalue weighted by Crippen LogP contribution is 2.50. The van der Waals surface area contributed by atoms with Gasteiger partial charge in [0.2, 0.25) is 0 Å². The number of halogens is 4. The number of esters is 2. The number of fused-ring (bicyclic) bond motifs is 1. The molecule has 1 heterocycles. The predicted molar refractivity (Wildman–Crippen MR) is 121 cm³/mol. The number of nitrogens with one attached hydrogen (secondary N) is 1. The molecule has 1 aliphatic carbocycles. The van der Waals surface area contributed by atoms with E-state index in [4.69, 9.17) is 14.2 Å². The van der Waals surface area contributed by atoms with Crippen LogP contribution in [-0.2, 0) is 28.6 Å². The maximum absolute atomic E-state index is 14.6. The Balaban J connectivity index is 3.03. The molecule has 2 aliphatic rings. The fourth-order valence-corrected chi connectivity index (χ4v) is 4.27. The first-order valence-corrected chi connectivity index (χ1v) is 11.3. The number of nitrogens with zero attached hydrogens (tertiary/aromatic N) is 2. The maximum Gasteiger partial charge on any atom is 0.426 e. The summed E-state index contributed by atoms with van der Waals surface area (Å²) in [6.45, 7) is 6.08. The van der Waals surface area contributed by atoms with Gasteiger partial charge in [-0.3, -0.25) is 9.79 Å². The molecule has 37 heavy (non-hydrogen) atoms. The molecule has 206 valence electrons. The Morgan fingerprint density at radius 1 is 1.14 bits per heavy atom. The number of aliphatic imine (C=N–C) groups is 1. The Morgan fingerprint density at radius 2 is 1.68 bits per heavy atom. The van der Waals surface area contributed by atoms with Crippen LogP contribution in [-0.4, -0.2) is 78.2 Å². The van der Waals surface area contributed by atoms with E-state index in [2.05, 4.69) is 10.3 Å². The van der Waals surface area contributed by atoms with E-state index in [1.54, 1.807) is 0 Å². The third-order valence-electron chi connectivity index (χ3n) is 5.56. The molecule has 2 rings (SSSR count). The molecule has 0 aromatic heterocycles. The van der Waals surface area contributed by atoms with Crippen molar-refractivity contribution in [1.29, 1.82) is 0 Å². The standard InChI is InChI=1S/C23H29F4N3O7/c1-7-35-17(32)23(18(33)36-8-2,28-12-21(25,26)27)22(29-19(34)37-20(3,4)5)14-11-13(24)9-10-15(14)30(6)16(22)31/h9-10,12,14H,7-8,11H2,1-6H3,(H,29,34)/t14?,22-/m1/s1. The van der Waals surface area contributed by atoms with Gasteiger partial charge >= 0.3 is 24.2 Å². The average Bonchev–Trinajstić information content (AvgIpc) is 2.94. The highest BCUT2D eigenvalue weighted by atomic mass is 19.4. The molecule has 14 heteroatoms. The Morgan fingerprint density at radius 3 is 2.14 bits per heavy atom. The molecule has 1 aliphatic heterocycles. The number of hydrogen-bond donors (Lipinski definition) is 1. The minimum absolute atomic E-state index is 0.00244. The molecular weight excluding hydrogens is 506 g/mol. The number of likely N-dealkylation sites (tertiary alicyclic amines) is 1. The Labute approximate surface area is 210 Å². The van der Waals surface area contributed by atoms with Crippen LogP contribution in [0.4, 0.5) is 22.4 Å². The van der Waals surface area contributed by atoms with Gasteiger partial charge in [-0.1, -0.05) is 0 Å². The number of alkyl carbamates (subject to hydrolysis) is 1. The third kappa shape index (κ3) is 5.62. The largest absolute Gasteiger partial charge is 0.464 e. The summed E-state index contributed by atoms with van der Waals surface area (Å²) in [6.07, 6.45) is -5.77. The predicted octanol–water partition coefficient (Wildman–Crippen LogP) is 2.98. The molecule has 2 amide bonds. The van der Waals surface area contributed by atoms with Gasteiger partial charge in [-0.05, 0) is 46.8 Å². The molecule has 0 spiro atoms. The SMILES string of the molecule is CCOC(=O)C(N=CC(F)(F)F)(C(=O)OCC)[C@]1(NC(=O)OC(C)(C)C)C(=O)N(C)C2=CC=C(F)CC21. The second kappa shape index (κ2) is 10.5. The number of rotatable bonds is 7. The fourth-order valence-electron chi connectivity index (χ4n) is 4.27. The van der Waals surface area contributed by atoms with Crippen LogP contribution in [0.15, 0.2) is 28.7 Å². The monoisotopic (exact) mass is 535 g/mol. The average molecular weight is 535 g/mol. The number of amides is 2. The molecule has 10 nitrogen and oxygen atoms in total. The normalized spacial score (nSPS) is 22.3. The molecule has 1 N–H and O–H groups in total. The van der Waals surface area contributed by atoms with Gasteiger partial charge in [0.1, 0.15) is 17.6 Å². The van der Waals surface area contributed by atoms with Gasteiger partial charge in [-0.2, -0.15) is 13.2 Å². The van der Waals surface area contributed by atoms with E-state index >= 15 is 0 Å². The van der Waals surface area contributed by atoms with Gasteiger partial charge in [0.25, 0.3) is 11.4 Å². The van der Waals surface area contributed by atoms with Crippen LogP contribution in [0, 0.1) is 5.92 Å². The smallest absolute Gasteiger partial charge is 0.426 e. The first kappa shape index (κ1) is 29.8. The minimum atomic E-state index is -5.18. The molecule has 1 fully saturated rings. The summed E-state index contributed by atoms with van der Waals surface area (Å²) < 4.78 is 69.9. The van der Waals surface area contributed by atoms with E-state index in [0.29, 0.717) is 0 Å². The van der Waals surface area contributed by atoms with Crippen molar-refractivity contribution in [3.63, 3.8) is 0 Å². The first-order valence-electron chi connectivity index (χ1n) is 11.3. The van der Waals surface area contributed by atoms with E-state index in [1.165, 1.54) is 41.7 Å². The number of likely N-dealkylation sites (N-methyl/N-ethyl adjacent to an activating group) is 1. The van der Waals surface area contributed by atoms with Crippen LogP contribution >= 0.6 is 0 Å². The summed E-state index contributed by atoms with van der Waals surface area (Å²) in [4.78, 5) is 58.0. The van der Waals surface area contributed by atoms with Crippen LogP contribution in [0.3, 0.4) is 0 Å². The molecule has 0 saturated carbocycles. The van der Waals surface area contributed by atoms with Crippen molar-refractivity contribution in [2.45, 2.75) is 63.9 Å². The topological polar surface area (TPSA) is 124 Å². The lowest BCUT2D eigenvalue weighted by molar-refractivity contribution is -0.172. The lowest BCUT2D eigenvalue weighted by Crippen LogP contribution is -2.76. The third-order valence-corrected chi connectivity index (χ3v) is 5.56. The molecule has 0 aromatic carbocycles. The van der Waals surface area contributed by atoms with Crippen molar-refractivity contribution in [2.75, 3.05) is 20.3 Å². The summed E-state index contributed by atoms with van der Waals surface area (Å²) in [5.41, 5.74) is -7.63. The van der Waals surface area contributed by atoms with Crippen molar-refractivity contribution in [3.8, 4) is 0 Å². The van der Waals surface area contributed by atoms with E-state index in [-0.39, 0.29) is 5.70 Å². The number of carbonyl (C=O) groups excluding carboxylic acids is 4. The van der Waals surface area contributed by atoms with Crippen LogP contribution < -0.4 is 5.32 Å². The number of allylic oxidation sites excluding steroid dienone is 3.